The third-order valence-corrected chi connectivity index (χ3v) is 16.9. The molecule has 12 rings (SSSR count). The van der Waals surface area contributed by atoms with Gasteiger partial charge in [-0.15, -0.1) is 0 Å². The van der Waals surface area contributed by atoms with Crippen molar-refractivity contribution >= 4 is 68.1 Å². The van der Waals surface area contributed by atoms with Crippen molar-refractivity contribution in [1.29, 1.82) is 0 Å². The molecule has 10 aromatic carbocycles. The van der Waals surface area contributed by atoms with Gasteiger partial charge in [0.2, 0.25) is 0 Å². The second-order valence-corrected chi connectivity index (χ2v) is 21.7. The molecule has 0 spiro atoms. The minimum absolute atomic E-state index is 1.10. The normalized spacial score (nSPS) is 12.7. The average Bonchev–Trinajstić information content (AvgIpc) is 3.79. The van der Waals surface area contributed by atoms with E-state index in [2.05, 4.69) is 253 Å². The molecule has 0 N–H and O–H groups in total. The van der Waals surface area contributed by atoms with Crippen LogP contribution >= 0.6 is 0 Å². The van der Waals surface area contributed by atoms with Crippen LogP contribution in [0.1, 0.15) is 0 Å². The quantitative estimate of drug-likeness (QED) is 0.145. The fraction of sp³-hybridized carbons (Fsp3) is 0.0333. The zero-order valence-corrected chi connectivity index (χ0v) is 36.3. The molecule has 2 nitrogen and oxygen atoms in total. The Morgan fingerprint density at radius 3 is 1.56 bits per heavy atom. The van der Waals surface area contributed by atoms with E-state index in [1.807, 2.05) is 0 Å². The maximum atomic E-state index is 2.52. The van der Waals surface area contributed by atoms with Crippen LogP contribution in [0.5, 0.6) is 0 Å². The summed E-state index contributed by atoms with van der Waals surface area (Å²) in [5, 5.41) is 8.31. The van der Waals surface area contributed by atoms with Crippen molar-refractivity contribution < 1.29 is 0 Å². The van der Waals surface area contributed by atoms with E-state index < -0.39 is 8.07 Å². The van der Waals surface area contributed by atoms with Gasteiger partial charge < -0.3 is 9.47 Å². The van der Waals surface area contributed by atoms with E-state index in [0.29, 0.717) is 0 Å². The van der Waals surface area contributed by atoms with Gasteiger partial charge in [0.15, 0.2) is 0 Å². The van der Waals surface area contributed by atoms with E-state index in [0.717, 1.165) is 17.1 Å². The molecule has 11 aromatic rings. The summed E-state index contributed by atoms with van der Waals surface area (Å²) in [4.78, 5) is 2.38. The lowest BCUT2D eigenvalue weighted by Crippen LogP contribution is -2.49. The van der Waals surface area contributed by atoms with Gasteiger partial charge in [-0.3, -0.25) is 0 Å². The van der Waals surface area contributed by atoms with Gasteiger partial charge in [0.05, 0.1) is 11.0 Å². The third-order valence-electron chi connectivity index (χ3n) is 13.3. The fourth-order valence-corrected chi connectivity index (χ4v) is 13.8. The van der Waals surface area contributed by atoms with Crippen molar-refractivity contribution in [1.82, 2.24) is 4.57 Å². The highest BCUT2D eigenvalue weighted by molar-refractivity contribution is 7.05. The van der Waals surface area contributed by atoms with Crippen LogP contribution in [-0.2, 0) is 0 Å². The molecule has 0 saturated heterocycles. The van der Waals surface area contributed by atoms with Gasteiger partial charge in [0.1, 0.15) is 8.07 Å². The molecule has 2 heterocycles. The van der Waals surface area contributed by atoms with Gasteiger partial charge >= 0.3 is 0 Å². The molecule has 3 heteroatoms. The minimum Gasteiger partial charge on any atom is -0.310 e. The van der Waals surface area contributed by atoms with Crippen LogP contribution in [-0.4, -0.2) is 12.6 Å². The zero-order valence-electron chi connectivity index (χ0n) is 35.3. The Morgan fingerprint density at radius 2 is 0.889 bits per heavy atom. The van der Waals surface area contributed by atoms with Crippen molar-refractivity contribution in [3.05, 3.63) is 231 Å². The molecule has 0 radical (unpaired) electrons. The van der Waals surface area contributed by atoms with Crippen LogP contribution in [0, 0.1) is 0 Å². The van der Waals surface area contributed by atoms with Gasteiger partial charge in [-0.25, -0.2) is 0 Å². The van der Waals surface area contributed by atoms with Crippen molar-refractivity contribution in [2.45, 2.75) is 13.1 Å². The number of nitrogens with zero attached hydrogens (tertiary/aromatic N) is 2. The van der Waals surface area contributed by atoms with E-state index in [1.165, 1.54) is 88.0 Å². The first-order valence-corrected chi connectivity index (χ1v) is 24.9. The third kappa shape index (κ3) is 6.15. The zero-order chi connectivity index (χ0) is 42.1. The Labute approximate surface area is 369 Å². The summed E-state index contributed by atoms with van der Waals surface area (Å²) in [6, 6.07) is 84.8. The Bertz CT molecular complexity index is 3410. The Kier molecular flexibility index (Phi) is 8.67. The largest absolute Gasteiger partial charge is 0.310 e. The van der Waals surface area contributed by atoms with Crippen LogP contribution < -0.4 is 15.3 Å². The number of fused-ring (bicyclic) bond motifs is 8. The number of hydrogen-bond acceptors (Lipinski definition) is 1. The highest BCUT2D eigenvalue weighted by atomic mass is 28.3. The summed E-state index contributed by atoms with van der Waals surface area (Å²) in [7, 11) is -1.94. The summed E-state index contributed by atoms with van der Waals surface area (Å²) in [5.41, 5.74) is 16.9. The molecular formula is C60H44N2Si. The second-order valence-electron chi connectivity index (χ2n) is 17.4. The van der Waals surface area contributed by atoms with E-state index in [9.17, 15) is 0 Å². The van der Waals surface area contributed by atoms with Crippen LogP contribution in [0.25, 0.3) is 82.8 Å². The lowest BCUT2D eigenvalue weighted by molar-refractivity contribution is 1.18. The number of rotatable bonds is 7. The number of hydrogen-bond donors (Lipinski definition) is 0. The smallest absolute Gasteiger partial charge is 0.114 e. The molecule has 0 unspecified atom stereocenters. The predicted molar refractivity (Wildman–Crippen MR) is 271 cm³/mol. The van der Waals surface area contributed by atoms with Gasteiger partial charge in [-0.1, -0.05) is 171 Å². The molecule has 0 fully saturated rings. The molecule has 0 atom stereocenters. The molecule has 1 aromatic heterocycles. The van der Waals surface area contributed by atoms with Crippen molar-refractivity contribution in [3.8, 4) is 50.2 Å². The molecule has 298 valence electrons. The first-order chi connectivity index (χ1) is 31.0. The number of benzene rings is 10. The first-order valence-electron chi connectivity index (χ1n) is 21.9. The summed E-state index contributed by atoms with van der Waals surface area (Å²) in [6.45, 7) is 5.05. The highest BCUT2D eigenvalue weighted by Crippen LogP contribution is 2.42. The SMILES string of the molecule is C[Si]1(C)c2ccccc2-c2ccc3cc4c5cc(-c6cccc(N(c7ccc(-c8ccccc8)cc7)c7ccc(-c8ccccc8)cc7)c6)ccc5n(-c5ccccc5)c4cc3c21. The summed E-state index contributed by atoms with van der Waals surface area (Å²) < 4.78 is 2.47. The molecule has 1 aliphatic rings. The van der Waals surface area contributed by atoms with Gasteiger partial charge in [-0.2, -0.15) is 0 Å². The van der Waals surface area contributed by atoms with Crippen molar-refractivity contribution in [2.24, 2.45) is 0 Å². The molecule has 1 aliphatic heterocycles. The van der Waals surface area contributed by atoms with Gasteiger partial charge in [0.25, 0.3) is 0 Å². The molecule has 0 saturated carbocycles. The van der Waals surface area contributed by atoms with Crippen LogP contribution in [0.3, 0.4) is 0 Å². The monoisotopic (exact) mass is 820 g/mol. The van der Waals surface area contributed by atoms with Gasteiger partial charge in [-0.05, 0) is 138 Å². The molecule has 0 amide bonds. The fourth-order valence-electron chi connectivity index (χ4n) is 10.3. The van der Waals surface area contributed by atoms with Crippen LogP contribution in [0.2, 0.25) is 13.1 Å². The number of aromatic nitrogens is 1. The molecule has 63 heavy (non-hydrogen) atoms. The minimum atomic E-state index is -1.94. The van der Waals surface area contributed by atoms with Crippen molar-refractivity contribution in [3.63, 3.8) is 0 Å². The maximum Gasteiger partial charge on any atom is 0.114 e. The molecule has 0 aliphatic carbocycles. The Morgan fingerprint density at radius 1 is 0.349 bits per heavy atom. The Balaban J connectivity index is 1.01. The van der Waals surface area contributed by atoms with Crippen molar-refractivity contribution in [2.75, 3.05) is 4.90 Å². The second kappa shape index (κ2) is 14.7. The van der Waals surface area contributed by atoms with E-state index >= 15 is 0 Å². The molecule has 0 bridgehead atoms. The van der Waals surface area contributed by atoms with Crippen LogP contribution in [0.4, 0.5) is 17.1 Å². The maximum absolute atomic E-state index is 2.52. The summed E-state index contributed by atoms with van der Waals surface area (Å²) in [6.07, 6.45) is 0. The van der Waals surface area contributed by atoms with E-state index in [4.69, 9.17) is 0 Å². The summed E-state index contributed by atoms with van der Waals surface area (Å²) in [5.74, 6) is 0. The van der Waals surface area contributed by atoms with Gasteiger partial charge in [0, 0.05) is 33.5 Å². The van der Waals surface area contributed by atoms with Crippen LogP contribution in [0.15, 0.2) is 231 Å². The Hall–Kier alpha value is -7.72. The van der Waals surface area contributed by atoms with E-state index in [-0.39, 0.29) is 0 Å². The predicted octanol–water partition coefficient (Wildman–Crippen LogP) is 15.2. The average molecular weight is 821 g/mol. The van der Waals surface area contributed by atoms with E-state index in [1.54, 1.807) is 5.19 Å². The lowest BCUT2D eigenvalue weighted by atomic mass is 9.98. The number of anilines is 3. The standard InChI is InChI=1S/C60H44N2Si/c1-63(2)59-24-13-12-23-52(59)53-35-29-47-39-56-55-38-46(30-36-57(55)62(48-20-10-5-11-21-48)58(56)40-54(47)60(53)63)45-19-14-22-51(37-45)61(49-31-25-43(26-32-49)41-15-6-3-7-16-41)50-33-27-44(28-34-50)42-17-8-4-9-18-42/h3-40H,1-2H3. The topological polar surface area (TPSA) is 8.17 Å². The highest BCUT2D eigenvalue weighted by Gasteiger charge is 2.38. The lowest BCUT2D eigenvalue weighted by Gasteiger charge is -2.26. The first kappa shape index (κ1) is 37.1. The summed E-state index contributed by atoms with van der Waals surface area (Å²) >= 11 is 0. The molecular weight excluding hydrogens is 777 g/mol. The number of para-hydroxylation sites is 1.